The predicted molar refractivity (Wildman–Crippen MR) is 78.7 cm³/mol. The summed E-state index contributed by atoms with van der Waals surface area (Å²) in [7, 11) is -3.87. The van der Waals surface area contributed by atoms with Gasteiger partial charge >= 0.3 is 0 Å². The summed E-state index contributed by atoms with van der Waals surface area (Å²) < 4.78 is 31.4. The number of sulfonamides is 1. The molecule has 0 fully saturated rings. The van der Waals surface area contributed by atoms with Gasteiger partial charge < -0.3 is 4.74 Å². The van der Waals surface area contributed by atoms with Crippen molar-refractivity contribution in [3.63, 3.8) is 0 Å². The van der Waals surface area contributed by atoms with Gasteiger partial charge in [-0.1, -0.05) is 24.3 Å². The van der Waals surface area contributed by atoms with Crippen LogP contribution in [0.15, 0.2) is 59.5 Å². The van der Waals surface area contributed by atoms with Gasteiger partial charge in [0, 0.05) is 5.56 Å². The topological polar surface area (TPSA) is 72.5 Å². The van der Waals surface area contributed by atoms with Gasteiger partial charge in [-0.3, -0.25) is 4.79 Å². The Morgan fingerprint density at radius 2 is 1.81 bits per heavy atom. The molecule has 0 atom stereocenters. The Morgan fingerprint density at radius 3 is 2.48 bits per heavy atom. The van der Waals surface area contributed by atoms with Gasteiger partial charge in [0.15, 0.2) is 0 Å². The van der Waals surface area contributed by atoms with Gasteiger partial charge in [-0.25, -0.2) is 13.1 Å². The van der Waals surface area contributed by atoms with Crippen LogP contribution < -0.4 is 9.46 Å². The van der Waals surface area contributed by atoms with Crippen LogP contribution in [0.2, 0.25) is 0 Å². The summed E-state index contributed by atoms with van der Waals surface area (Å²) in [6.07, 6.45) is 0. The van der Waals surface area contributed by atoms with E-state index >= 15 is 0 Å². The number of rotatable bonds is 5. The van der Waals surface area contributed by atoms with E-state index in [1.807, 2.05) is 11.6 Å². The molecule has 0 saturated heterocycles. The minimum atomic E-state index is -3.87. The van der Waals surface area contributed by atoms with Crippen LogP contribution in [0.5, 0.6) is 5.75 Å². The van der Waals surface area contributed by atoms with Crippen LogP contribution in [0.3, 0.4) is 0 Å². The Bertz CT molecular complexity index is 726. The molecule has 110 valence electrons. The van der Waals surface area contributed by atoms with Gasteiger partial charge in [-0.15, -0.1) is 0 Å². The maximum atomic E-state index is 12.1. The maximum Gasteiger partial charge on any atom is 0.265 e. The van der Waals surface area contributed by atoms with Crippen LogP contribution in [-0.4, -0.2) is 20.9 Å². The molecule has 1 amide bonds. The number of hydrogen-bond donors (Lipinski definition) is 1. The van der Waals surface area contributed by atoms with Crippen LogP contribution in [0.4, 0.5) is 0 Å². The highest BCUT2D eigenvalue weighted by molar-refractivity contribution is 7.90. The first-order chi connectivity index (χ1) is 10.0. The predicted octanol–water partition coefficient (Wildman–Crippen LogP) is 2.20. The summed E-state index contributed by atoms with van der Waals surface area (Å²) in [5.41, 5.74) is 0.223. The number of hydrogen-bond acceptors (Lipinski definition) is 4. The van der Waals surface area contributed by atoms with Gasteiger partial charge in [-0.2, -0.15) is 0 Å². The number of benzene rings is 2. The zero-order valence-electron chi connectivity index (χ0n) is 11.4. The van der Waals surface area contributed by atoms with E-state index in [0.29, 0.717) is 12.4 Å². The molecule has 0 aliphatic rings. The minimum Gasteiger partial charge on any atom is -0.494 e. The molecule has 6 heteroatoms. The molecule has 2 rings (SSSR count). The molecule has 2 aromatic rings. The summed E-state index contributed by atoms with van der Waals surface area (Å²) in [4.78, 5) is 12.1. The molecular weight excluding hydrogens is 290 g/mol. The number of ether oxygens (including phenoxy) is 1. The molecule has 1 N–H and O–H groups in total. The normalized spacial score (nSPS) is 10.9. The summed E-state index contributed by atoms with van der Waals surface area (Å²) >= 11 is 0. The molecule has 0 radical (unpaired) electrons. The van der Waals surface area contributed by atoms with Crippen LogP contribution in [-0.2, 0) is 10.0 Å². The third-order valence-corrected chi connectivity index (χ3v) is 4.03. The number of carbonyl (C=O) groups is 1. The van der Waals surface area contributed by atoms with E-state index in [-0.39, 0.29) is 10.5 Å². The average Bonchev–Trinajstić information content (AvgIpc) is 2.48. The standard InChI is InChI=1S/C15H15NO4S/c1-2-20-13-8-6-7-12(11-13)15(17)16-21(18,19)14-9-4-3-5-10-14/h3-11H,2H2,1H3,(H,16,17). The first kappa shape index (κ1) is 15.1. The number of nitrogens with one attached hydrogen (secondary N) is 1. The molecule has 0 aliphatic carbocycles. The highest BCUT2D eigenvalue weighted by Crippen LogP contribution is 2.14. The zero-order valence-corrected chi connectivity index (χ0v) is 12.3. The Morgan fingerprint density at radius 1 is 1.10 bits per heavy atom. The van der Waals surface area contributed by atoms with E-state index in [4.69, 9.17) is 4.74 Å². The van der Waals surface area contributed by atoms with Crippen LogP contribution in [0, 0.1) is 0 Å². The average molecular weight is 305 g/mol. The molecule has 0 aromatic heterocycles. The number of amides is 1. The quantitative estimate of drug-likeness (QED) is 0.919. The summed E-state index contributed by atoms with van der Waals surface area (Å²) in [5, 5.41) is 0. The molecular formula is C15H15NO4S. The lowest BCUT2D eigenvalue weighted by molar-refractivity contribution is 0.0981. The van der Waals surface area contributed by atoms with E-state index in [1.54, 1.807) is 30.3 Å². The van der Waals surface area contributed by atoms with Gasteiger partial charge in [0.25, 0.3) is 15.9 Å². The molecule has 0 spiro atoms. The van der Waals surface area contributed by atoms with E-state index in [1.165, 1.54) is 24.3 Å². The third kappa shape index (κ3) is 3.82. The van der Waals surface area contributed by atoms with Crippen molar-refractivity contribution in [3.05, 3.63) is 60.2 Å². The Balaban J connectivity index is 2.20. The second kappa shape index (κ2) is 6.41. The van der Waals surface area contributed by atoms with Gasteiger partial charge in [0.1, 0.15) is 5.75 Å². The summed E-state index contributed by atoms with van der Waals surface area (Å²) in [5.74, 6) is -0.178. The second-order valence-electron chi connectivity index (χ2n) is 4.21. The second-order valence-corrected chi connectivity index (χ2v) is 5.89. The van der Waals surface area contributed by atoms with Crippen molar-refractivity contribution in [3.8, 4) is 5.75 Å². The smallest absolute Gasteiger partial charge is 0.265 e. The van der Waals surface area contributed by atoms with Crippen molar-refractivity contribution in [2.24, 2.45) is 0 Å². The Kier molecular flexibility index (Phi) is 4.59. The van der Waals surface area contributed by atoms with E-state index in [0.717, 1.165) is 0 Å². The molecule has 5 nitrogen and oxygen atoms in total. The molecule has 2 aromatic carbocycles. The summed E-state index contributed by atoms with van der Waals surface area (Å²) in [6.45, 7) is 2.29. The van der Waals surface area contributed by atoms with Gasteiger partial charge in [0.05, 0.1) is 11.5 Å². The Labute approximate surface area is 123 Å². The fourth-order valence-corrected chi connectivity index (χ4v) is 2.73. The molecule has 21 heavy (non-hydrogen) atoms. The van der Waals surface area contributed by atoms with E-state index < -0.39 is 15.9 Å². The van der Waals surface area contributed by atoms with Crippen molar-refractivity contribution in [2.75, 3.05) is 6.61 Å². The van der Waals surface area contributed by atoms with Crippen molar-refractivity contribution in [1.29, 1.82) is 0 Å². The highest BCUT2D eigenvalue weighted by Gasteiger charge is 2.18. The molecule has 0 heterocycles. The monoisotopic (exact) mass is 305 g/mol. The van der Waals surface area contributed by atoms with E-state index in [9.17, 15) is 13.2 Å². The first-order valence-electron chi connectivity index (χ1n) is 6.38. The Hall–Kier alpha value is -2.34. The third-order valence-electron chi connectivity index (χ3n) is 2.69. The van der Waals surface area contributed by atoms with Gasteiger partial charge in [-0.05, 0) is 37.3 Å². The summed E-state index contributed by atoms with van der Waals surface area (Å²) in [6, 6.07) is 14.1. The van der Waals surface area contributed by atoms with Crippen molar-refractivity contribution in [2.45, 2.75) is 11.8 Å². The lowest BCUT2D eigenvalue weighted by Crippen LogP contribution is -2.30. The van der Waals surface area contributed by atoms with Crippen LogP contribution >= 0.6 is 0 Å². The molecule has 0 aliphatic heterocycles. The first-order valence-corrected chi connectivity index (χ1v) is 7.86. The van der Waals surface area contributed by atoms with Gasteiger partial charge in [0.2, 0.25) is 0 Å². The maximum absolute atomic E-state index is 12.1. The largest absolute Gasteiger partial charge is 0.494 e. The zero-order chi connectivity index (χ0) is 15.3. The van der Waals surface area contributed by atoms with Crippen molar-refractivity contribution < 1.29 is 17.9 Å². The van der Waals surface area contributed by atoms with Crippen LogP contribution in [0.1, 0.15) is 17.3 Å². The fraction of sp³-hybridized carbons (Fsp3) is 0.133. The SMILES string of the molecule is CCOc1cccc(C(=O)NS(=O)(=O)c2ccccc2)c1. The van der Waals surface area contributed by atoms with Crippen molar-refractivity contribution in [1.82, 2.24) is 4.72 Å². The lowest BCUT2D eigenvalue weighted by Gasteiger charge is -2.08. The molecule has 0 unspecified atom stereocenters. The fourth-order valence-electron chi connectivity index (χ4n) is 1.73. The number of carbonyl (C=O) groups excluding carboxylic acids is 1. The minimum absolute atomic E-state index is 0.0410. The van der Waals surface area contributed by atoms with E-state index in [2.05, 4.69) is 0 Å². The molecule has 0 bridgehead atoms. The molecule has 0 saturated carbocycles. The lowest BCUT2D eigenvalue weighted by atomic mass is 10.2. The van der Waals surface area contributed by atoms with Crippen LogP contribution in [0.25, 0.3) is 0 Å². The highest BCUT2D eigenvalue weighted by atomic mass is 32.2. The van der Waals surface area contributed by atoms with Crippen molar-refractivity contribution >= 4 is 15.9 Å².